The van der Waals surface area contributed by atoms with E-state index in [1.165, 1.54) is 18.4 Å². The number of benzene rings is 1. The van der Waals surface area contributed by atoms with Crippen molar-refractivity contribution in [2.45, 2.75) is 44.7 Å². The van der Waals surface area contributed by atoms with Crippen LogP contribution in [0.15, 0.2) is 24.3 Å². The zero-order valence-corrected chi connectivity index (χ0v) is 12.3. The first-order chi connectivity index (χ1) is 9.75. The van der Waals surface area contributed by atoms with Crippen molar-refractivity contribution in [3.05, 3.63) is 35.4 Å². The molecule has 1 unspecified atom stereocenters. The third kappa shape index (κ3) is 2.79. The number of nitrogens with one attached hydrogen (secondary N) is 1. The number of hydrogen-bond donors (Lipinski definition) is 1. The molecule has 0 bridgehead atoms. The zero-order chi connectivity index (χ0) is 13.9. The van der Waals surface area contributed by atoms with E-state index in [0.29, 0.717) is 11.8 Å². The maximum atomic E-state index is 12.8. The van der Waals surface area contributed by atoms with E-state index in [0.717, 1.165) is 38.0 Å². The second-order valence-corrected chi connectivity index (χ2v) is 6.11. The summed E-state index contributed by atoms with van der Waals surface area (Å²) in [5.74, 6) is 0.320. The van der Waals surface area contributed by atoms with Gasteiger partial charge in [0, 0.05) is 11.6 Å². The molecule has 1 aromatic rings. The molecule has 3 nitrogen and oxygen atoms in total. The molecule has 0 amide bonds. The van der Waals surface area contributed by atoms with Crippen molar-refractivity contribution in [3.63, 3.8) is 0 Å². The molecule has 0 radical (unpaired) electrons. The fraction of sp³-hybridized carbons (Fsp3) is 0.588. The van der Waals surface area contributed by atoms with E-state index in [2.05, 4.69) is 17.1 Å². The van der Waals surface area contributed by atoms with Crippen molar-refractivity contribution < 1.29 is 4.79 Å². The van der Waals surface area contributed by atoms with E-state index in [1.54, 1.807) is 0 Å². The van der Waals surface area contributed by atoms with Gasteiger partial charge in [-0.25, -0.2) is 0 Å². The van der Waals surface area contributed by atoms with Gasteiger partial charge in [0.05, 0.1) is 6.04 Å². The fourth-order valence-electron chi connectivity index (χ4n) is 3.56. The summed E-state index contributed by atoms with van der Waals surface area (Å²) in [7, 11) is 0. The Morgan fingerprint density at radius 3 is 2.55 bits per heavy atom. The number of piperidine rings is 1. The van der Waals surface area contributed by atoms with Crippen LogP contribution >= 0.6 is 0 Å². The number of nitrogens with zero attached hydrogens (tertiary/aromatic N) is 1. The summed E-state index contributed by atoms with van der Waals surface area (Å²) < 4.78 is 0. The molecule has 2 saturated heterocycles. The van der Waals surface area contributed by atoms with Crippen molar-refractivity contribution in [1.82, 2.24) is 10.2 Å². The van der Waals surface area contributed by atoms with Gasteiger partial charge in [-0.15, -0.1) is 0 Å². The minimum atomic E-state index is 0.112. The summed E-state index contributed by atoms with van der Waals surface area (Å²) in [5, 5.41) is 3.41. The molecule has 0 aliphatic carbocycles. The molecule has 2 fully saturated rings. The largest absolute Gasteiger partial charge is 0.317 e. The van der Waals surface area contributed by atoms with E-state index in [-0.39, 0.29) is 6.04 Å². The van der Waals surface area contributed by atoms with Crippen LogP contribution in [0.25, 0.3) is 0 Å². The Hall–Kier alpha value is -1.19. The molecule has 3 heteroatoms. The van der Waals surface area contributed by atoms with Crippen molar-refractivity contribution >= 4 is 5.78 Å². The Balaban J connectivity index is 1.74. The number of carbonyl (C=O) groups is 1. The lowest BCUT2D eigenvalue weighted by molar-refractivity contribution is 0.0784. The number of ketones is 1. The Morgan fingerprint density at radius 1 is 1.15 bits per heavy atom. The second kappa shape index (κ2) is 6.06. The lowest BCUT2D eigenvalue weighted by Gasteiger charge is -2.35. The van der Waals surface area contributed by atoms with Crippen LogP contribution in [-0.2, 0) is 0 Å². The number of carbonyl (C=O) groups excluding carboxylic acids is 1. The molecule has 2 aliphatic rings. The molecule has 3 rings (SSSR count). The highest BCUT2D eigenvalue weighted by molar-refractivity contribution is 6.00. The number of likely N-dealkylation sites (tertiary alicyclic amines) is 1. The zero-order valence-electron chi connectivity index (χ0n) is 12.3. The first-order valence-corrected chi connectivity index (χ1v) is 7.83. The van der Waals surface area contributed by atoms with Gasteiger partial charge in [-0.1, -0.05) is 29.8 Å². The van der Waals surface area contributed by atoms with E-state index in [4.69, 9.17) is 0 Å². The van der Waals surface area contributed by atoms with E-state index < -0.39 is 0 Å². The summed E-state index contributed by atoms with van der Waals surface area (Å²) in [6, 6.07) is 8.75. The number of aryl methyl sites for hydroxylation is 1. The summed E-state index contributed by atoms with van der Waals surface area (Å²) in [5.41, 5.74) is 2.09. The molecule has 20 heavy (non-hydrogen) atoms. The molecular formula is C17H24N2O. The molecule has 1 N–H and O–H groups in total. The first kappa shape index (κ1) is 13.8. The van der Waals surface area contributed by atoms with Crippen LogP contribution in [0.1, 0.15) is 41.6 Å². The molecule has 0 aromatic heterocycles. The fourth-order valence-corrected chi connectivity index (χ4v) is 3.56. The Morgan fingerprint density at radius 2 is 1.85 bits per heavy atom. The van der Waals surface area contributed by atoms with Crippen molar-refractivity contribution in [2.75, 3.05) is 19.6 Å². The van der Waals surface area contributed by atoms with Gasteiger partial charge in [0.2, 0.25) is 0 Å². The standard InChI is InChI=1S/C17H24N2O/c1-13-4-6-14(7-5-13)17(20)16-3-2-12-19(16)15-8-10-18-11-9-15/h4-7,15-16,18H,2-3,8-12H2,1H3. The summed E-state index contributed by atoms with van der Waals surface area (Å²) in [6.45, 7) is 5.33. The van der Waals surface area contributed by atoms with Crippen molar-refractivity contribution in [2.24, 2.45) is 0 Å². The molecule has 2 heterocycles. The highest BCUT2D eigenvalue weighted by Gasteiger charge is 2.35. The summed E-state index contributed by atoms with van der Waals surface area (Å²) in [4.78, 5) is 15.2. The normalized spacial score (nSPS) is 24.9. The third-order valence-electron chi connectivity index (χ3n) is 4.71. The maximum Gasteiger partial charge on any atom is 0.179 e. The first-order valence-electron chi connectivity index (χ1n) is 7.83. The number of hydrogen-bond acceptors (Lipinski definition) is 3. The Kier molecular flexibility index (Phi) is 4.18. The average Bonchev–Trinajstić information content (AvgIpc) is 2.97. The van der Waals surface area contributed by atoms with Crippen molar-refractivity contribution in [3.8, 4) is 0 Å². The van der Waals surface area contributed by atoms with Gasteiger partial charge in [0.25, 0.3) is 0 Å². The van der Waals surface area contributed by atoms with Crippen LogP contribution < -0.4 is 5.32 Å². The lowest BCUT2D eigenvalue weighted by atomic mass is 9.98. The van der Waals surface area contributed by atoms with Gasteiger partial charge >= 0.3 is 0 Å². The molecule has 1 aromatic carbocycles. The van der Waals surface area contributed by atoms with Gasteiger partial charge in [0.15, 0.2) is 5.78 Å². The number of Topliss-reactive ketones (excluding diaryl/α,β-unsaturated/α-hetero) is 1. The molecule has 0 saturated carbocycles. The summed E-state index contributed by atoms with van der Waals surface area (Å²) >= 11 is 0. The predicted octanol–water partition coefficient (Wildman–Crippen LogP) is 2.39. The van der Waals surface area contributed by atoms with Gasteiger partial charge < -0.3 is 5.32 Å². The Bertz CT molecular complexity index is 462. The van der Waals surface area contributed by atoms with Crippen LogP contribution in [0.5, 0.6) is 0 Å². The average molecular weight is 272 g/mol. The molecular weight excluding hydrogens is 248 g/mol. The molecule has 0 spiro atoms. The van der Waals surface area contributed by atoms with Crippen LogP contribution in [0.2, 0.25) is 0 Å². The van der Waals surface area contributed by atoms with E-state index >= 15 is 0 Å². The van der Waals surface area contributed by atoms with Gasteiger partial charge in [-0.05, 0) is 52.2 Å². The Labute approximate surface area is 121 Å². The minimum Gasteiger partial charge on any atom is -0.317 e. The van der Waals surface area contributed by atoms with Crippen LogP contribution in [0.3, 0.4) is 0 Å². The van der Waals surface area contributed by atoms with Crippen LogP contribution in [0.4, 0.5) is 0 Å². The van der Waals surface area contributed by atoms with Gasteiger partial charge in [0.1, 0.15) is 0 Å². The van der Waals surface area contributed by atoms with E-state index in [1.807, 2.05) is 24.3 Å². The predicted molar refractivity (Wildman–Crippen MR) is 81.1 cm³/mol. The van der Waals surface area contributed by atoms with Crippen LogP contribution in [-0.4, -0.2) is 42.4 Å². The maximum absolute atomic E-state index is 12.8. The lowest BCUT2D eigenvalue weighted by Crippen LogP contribution is -2.47. The quantitative estimate of drug-likeness (QED) is 0.858. The molecule has 108 valence electrons. The van der Waals surface area contributed by atoms with Crippen LogP contribution in [0, 0.1) is 6.92 Å². The van der Waals surface area contributed by atoms with Gasteiger partial charge in [-0.3, -0.25) is 9.69 Å². The minimum absolute atomic E-state index is 0.112. The second-order valence-electron chi connectivity index (χ2n) is 6.11. The summed E-state index contributed by atoms with van der Waals surface area (Å²) in [6.07, 6.45) is 4.54. The van der Waals surface area contributed by atoms with E-state index in [9.17, 15) is 4.79 Å². The SMILES string of the molecule is Cc1ccc(C(=O)C2CCCN2C2CCNCC2)cc1. The topological polar surface area (TPSA) is 32.3 Å². The third-order valence-corrected chi connectivity index (χ3v) is 4.71. The molecule has 1 atom stereocenters. The molecule has 2 aliphatic heterocycles. The highest BCUT2D eigenvalue weighted by atomic mass is 16.1. The van der Waals surface area contributed by atoms with Gasteiger partial charge in [-0.2, -0.15) is 0 Å². The highest BCUT2D eigenvalue weighted by Crippen LogP contribution is 2.26. The number of rotatable bonds is 3. The smallest absolute Gasteiger partial charge is 0.179 e. The monoisotopic (exact) mass is 272 g/mol. The van der Waals surface area contributed by atoms with Crippen molar-refractivity contribution in [1.29, 1.82) is 0 Å².